The van der Waals surface area contributed by atoms with E-state index in [1.807, 2.05) is 0 Å². The SMILES string of the molecule is C=CCN(CC=C)C(=O)COc1ccc([N+](=O)[O-])cc1Cl. The molecule has 7 heteroatoms. The van der Waals surface area contributed by atoms with E-state index >= 15 is 0 Å². The van der Waals surface area contributed by atoms with Crippen molar-refractivity contribution in [2.45, 2.75) is 0 Å². The van der Waals surface area contributed by atoms with Crippen LogP contribution < -0.4 is 4.74 Å². The summed E-state index contributed by atoms with van der Waals surface area (Å²) in [4.78, 5) is 23.5. The van der Waals surface area contributed by atoms with Gasteiger partial charge in [0, 0.05) is 25.2 Å². The number of non-ortho nitro benzene ring substituents is 1. The van der Waals surface area contributed by atoms with E-state index in [0.717, 1.165) is 0 Å². The predicted molar refractivity (Wildman–Crippen MR) is 80.6 cm³/mol. The van der Waals surface area contributed by atoms with E-state index in [-0.39, 0.29) is 29.0 Å². The lowest BCUT2D eigenvalue weighted by Gasteiger charge is -2.19. The van der Waals surface area contributed by atoms with Crippen molar-refractivity contribution in [3.63, 3.8) is 0 Å². The van der Waals surface area contributed by atoms with Crippen LogP contribution in [0.2, 0.25) is 5.02 Å². The van der Waals surface area contributed by atoms with Gasteiger partial charge in [0.05, 0.1) is 9.95 Å². The number of nitro groups is 1. The highest BCUT2D eigenvalue weighted by atomic mass is 35.5. The molecule has 21 heavy (non-hydrogen) atoms. The van der Waals surface area contributed by atoms with Gasteiger partial charge in [0.15, 0.2) is 6.61 Å². The van der Waals surface area contributed by atoms with E-state index in [1.54, 1.807) is 12.2 Å². The highest BCUT2D eigenvalue weighted by molar-refractivity contribution is 6.32. The van der Waals surface area contributed by atoms with Crippen molar-refractivity contribution in [3.8, 4) is 5.75 Å². The first-order valence-corrected chi connectivity index (χ1v) is 6.43. The summed E-state index contributed by atoms with van der Waals surface area (Å²) >= 11 is 5.87. The fourth-order valence-corrected chi connectivity index (χ4v) is 1.77. The summed E-state index contributed by atoms with van der Waals surface area (Å²) in [5.41, 5.74) is -0.140. The topological polar surface area (TPSA) is 72.7 Å². The number of nitrogens with zero attached hydrogens (tertiary/aromatic N) is 2. The maximum atomic E-state index is 11.9. The van der Waals surface area contributed by atoms with Gasteiger partial charge in [-0.2, -0.15) is 0 Å². The van der Waals surface area contributed by atoms with Gasteiger partial charge in [-0.1, -0.05) is 23.8 Å². The number of benzene rings is 1. The third kappa shape index (κ3) is 4.92. The number of hydrogen-bond acceptors (Lipinski definition) is 4. The maximum absolute atomic E-state index is 11.9. The number of ether oxygens (including phenoxy) is 1. The highest BCUT2D eigenvalue weighted by Crippen LogP contribution is 2.28. The molecule has 0 unspecified atom stereocenters. The molecule has 1 amide bonds. The molecular weight excluding hydrogens is 296 g/mol. The Morgan fingerprint density at radius 2 is 2.00 bits per heavy atom. The molecule has 1 aromatic carbocycles. The van der Waals surface area contributed by atoms with Gasteiger partial charge in [0.1, 0.15) is 5.75 Å². The van der Waals surface area contributed by atoms with E-state index in [2.05, 4.69) is 13.2 Å². The van der Waals surface area contributed by atoms with Gasteiger partial charge in [0.25, 0.3) is 11.6 Å². The molecular formula is C14H15ClN2O4. The summed E-state index contributed by atoms with van der Waals surface area (Å²) < 4.78 is 5.29. The molecule has 0 saturated heterocycles. The minimum absolute atomic E-state index is 0.0796. The van der Waals surface area contributed by atoms with Crippen LogP contribution in [0.15, 0.2) is 43.5 Å². The molecule has 0 spiro atoms. The number of hydrogen-bond donors (Lipinski definition) is 0. The number of carbonyl (C=O) groups excluding carboxylic acids is 1. The summed E-state index contributed by atoms with van der Waals surface area (Å²) in [6.07, 6.45) is 3.19. The molecule has 0 aliphatic rings. The number of amides is 1. The predicted octanol–water partition coefficient (Wildman–Crippen LogP) is 2.83. The summed E-state index contributed by atoms with van der Waals surface area (Å²) in [5.74, 6) is -0.0445. The Labute approximate surface area is 127 Å². The smallest absolute Gasteiger partial charge is 0.271 e. The quantitative estimate of drug-likeness (QED) is 0.420. The van der Waals surface area contributed by atoms with Crippen LogP contribution in [0.1, 0.15) is 0 Å². The van der Waals surface area contributed by atoms with E-state index in [9.17, 15) is 14.9 Å². The van der Waals surface area contributed by atoms with Gasteiger partial charge < -0.3 is 9.64 Å². The molecule has 0 fully saturated rings. The molecule has 0 saturated carbocycles. The van der Waals surface area contributed by atoms with Crippen LogP contribution in [0.25, 0.3) is 0 Å². The molecule has 0 atom stereocenters. The summed E-state index contributed by atoms with van der Waals surface area (Å²) in [6, 6.07) is 3.79. The number of nitro benzene ring substituents is 1. The molecule has 0 N–H and O–H groups in total. The average Bonchev–Trinajstić information content (AvgIpc) is 2.45. The van der Waals surface area contributed by atoms with Crippen molar-refractivity contribution in [1.82, 2.24) is 4.90 Å². The first-order chi connectivity index (χ1) is 9.99. The zero-order valence-electron chi connectivity index (χ0n) is 11.3. The summed E-state index contributed by atoms with van der Waals surface area (Å²) in [7, 11) is 0. The molecule has 0 bridgehead atoms. The first-order valence-electron chi connectivity index (χ1n) is 6.06. The first kappa shape index (κ1) is 16.7. The summed E-state index contributed by atoms with van der Waals surface area (Å²) in [5, 5.41) is 10.7. The largest absolute Gasteiger partial charge is 0.482 e. The standard InChI is InChI=1S/C14H15ClN2O4/c1-3-7-16(8-4-2)14(18)10-21-13-6-5-11(17(19)20)9-12(13)15/h3-6,9H,1-2,7-8,10H2. The van der Waals surface area contributed by atoms with Crippen molar-refractivity contribution in [1.29, 1.82) is 0 Å². The number of carbonyl (C=O) groups is 1. The van der Waals surface area contributed by atoms with Gasteiger partial charge in [-0.15, -0.1) is 13.2 Å². The monoisotopic (exact) mass is 310 g/mol. The van der Waals surface area contributed by atoms with E-state index < -0.39 is 4.92 Å². The third-order valence-electron chi connectivity index (χ3n) is 2.53. The van der Waals surface area contributed by atoms with Gasteiger partial charge >= 0.3 is 0 Å². The Morgan fingerprint density at radius 3 is 2.48 bits per heavy atom. The Balaban J connectivity index is 2.69. The van der Waals surface area contributed by atoms with Crippen LogP contribution in [0, 0.1) is 10.1 Å². The van der Waals surface area contributed by atoms with Crippen molar-refractivity contribution >= 4 is 23.2 Å². The zero-order chi connectivity index (χ0) is 15.8. The highest BCUT2D eigenvalue weighted by Gasteiger charge is 2.14. The van der Waals surface area contributed by atoms with Crippen LogP contribution in [0.3, 0.4) is 0 Å². The number of rotatable bonds is 8. The number of halogens is 1. The van der Waals surface area contributed by atoms with Gasteiger partial charge in [0.2, 0.25) is 0 Å². The van der Waals surface area contributed by atoms with Crippen molar-refractivity contribution in [2.75, 3.05) is 19.7 Å². The van der Waals surface area contributed by atoms with Crippen molar-refractivity contribution < 1.29 is 14.5 Å². The van der Waals surface area contributed by atoms with E-state index in [0.29, 0.717) is 13.1 Å². The minimum Gasteiger partial charge on any atom is -0.482 e. The lowest BCUT2D eigenvalue weighted by molar-refractivity contribution is -0.384. The Kier molecular flexibility index (Phi) is 6.42. The lowest BCUT2D eigenvalue weighted by atomic mass is 10.3. The second-order valence-corrected chi connectivity index (χ2v) is 4.44. The van der Waals surface area contributed by atoms with Crippen LogP contribution in [-0.2, 0) is 4.79 Å². The zero-order valence-corrected chi connectivity index (χ0v) is 12.1. The fourth-order valence-electron chi connectivity index (χ4n) is 1.54. The molecule has 1 rings (SSSR count). The molecule has 0 radical (unpaired) electrons. The third-order valence-corrected chi connectivity index (χ3v) is 2.82. The molecule has 0 heterocycles. The second kappa shape index (κ2) is 8.06. The van der Waals surface area contributed by atoms with Crippen LogP contribution >= 0.6 is 11.6 Å². The Morgan fingerprint density at radius 1 is 1.38 bits per heavy atom. The van der Waals surface area contributed by atoms with Gasteiger partial charge in [-0.3, -0.25) is 14.9 Å². The van der Waals surface area contributed by atoms with Crippen LogP contribution in [0.5, 0.6) is 5.75 Å². The van der Waals surface area contributed by atoms with Crippen molar-refractivity contribution in [3.05, 3.63) is 58.6 Å². The van der Waals surface area contributed by atoms with Gasteiger partial charge in [-0.25, -0.2) is 0 Å². The molecule has 0 aliphatic carbocycles. The normalized spacial score (nSPS) is 9.76. The van der Waals surface area contributed by atoms with Crippen molar-refractivity contribution in [2.24, 2.45) is 0 Å². The average molecular weight is 311 g/mol. The van der Waals surface area contributed by atoms with Crippen LogP contribution in [-0.4, -0.2) is 35.4 Å². The summed E-state index contributed by atoms with van der Waals surface area (Å²) in [6.45, 7) is 7.67. The van der Waals surface area contributed by atoms with E-state index in [1.165, 1.54) is 23.1 Å². The fraction of sp³-hybridized carbons (Fsp3) is 0.214. The molecule has 1 aromatic rings. The van der Waals surface area contributed by atoms with E-state index in [4.69, 9.17) is 16.3 Å². The molecule has 112 valence electrons. The molecule has 6 nitrogen and oxygen atoms in total. The Hall–Kier alpha value is -2.34. The van der Waals surface area contributed by atoms with Gasteiger partial charge in [-0.05, 0) is 6.07 Å². The lowest BCUT2D eigenvalue weighted by Crippen LogP contribution is -2.35. The maximum Gasteiger partial charge on any atom is 0.271 e. The van der Waals surface area contributed by atoms with Crippen LogP contribution in [0.4, 0.5) is 5.69 Å². The minimum atomic E-state index is -0.559. The second-order valence-electron chi connectivity index (χ2n) is 4.04. The Bertz CT molecular complexity index is 550. The molecule has 0 aromatic heterocycles. The molecule has 0 aliphatic heterocycles.